The zero-order valence-electron chi connectivity index (χ0n) is 20.7. The predicted molar refractivity (Wildman–Crippen MR) is 142 cm³/mol. The predicted octanol–water partition coefficient (Wildman–Crippen LogP) is 5.05. The summed E-state index contributed by atoms with van der Waals surface area (Å²) in [4.78, 5) is 44.9. The zero-order chi connectivity index (χ0) is 25.8. The van der Waals surface area contributed by atoms with Crippen LogP contribution in [0.4, 0.5) is 16.2 Å². The molecule has 2 fully saturated rings. The van der Waals surface area contributed by atoms with Crippen molar-refractivity contribution in [1.82, 2.24) is 9.80 Å². The fourth-order valence-corrected chi connectivity index (χ4v) is 5.72. The van der Waals surface area contributed by atoms with E-state index in [0.717, 1.165) is 31.2 Å². The second kappa shape index (κ2) is 10.5. The largest absolute Gasteiger partial charge is 0.480 e. The summed E-state index contributed by atoms with van der Waals surface area (Å²) in [6.45, 7) is 0.398. The van der Waals surface area contributed by atoms with Crippen LogP contribution >= 0.6 is 0 Å². The van der Waals surface area contributed by atoms with E-state index in [2.05, 4.69) is 0 Å². The molecule has 1 N–H and O–H groups in total. The number of para-hydroxylation sites is 2. The summed E-state index contributed by atoms with van der Waals surface area (Å²) in [5.74, 6) is -1.15. The molecule has 0 radical (unpaired) electrons. The molecule has 5 rings (SSSR count). The maximum atomic E-state index is 14.0. The van der Waals surface area contributed by atoms with Gasteiger partial charge in [-0.3, -0.25) is 9.69 Å². The number of urea groups is 1. The van der Waals surface area contributed by atoms with Gasteiger partial charge >= 0.3 is 12.0 Å². The number of benzene rings is 3. The molecule has 3 aromatic rings. The Hall–Kier alpha value is -4.13. The molecular weight excluding hydrogens is 466 g/mol. The van der Waals surface area contributed by atoms with Crippen molar-refractivity contribution in [2.75, 3.05) is 24.5 Å². The number of hydrogen-bond acceptors (Lipinski definition) is 3. The van der Waals surface area contributed by atoms with Gasteiger partial charge < -0.3 is 14.9 Å². The minimum Gasteiger partial charge on any atom is -0.480 e. The number of carbonyl (C=O) groups is 3. The second-order valence-corrected chi connectivity index (χ2v) is 9.74. The van der Waals surface area contributed by atoms with E-state index in [9.17, 15) is 19.5 Å². The molecular formula is C30H31N3O4. The van der Waals surface area contributed by atoms with Crippen LogP contribution in [0.3, 0.4) is 0 Å². The van der Waals surface area contributed by atoms with Crippen LogP contribution in [0.5, 0.6) is 0 Å². The maximum Gasteiger partial charge on any atom is 0.329 e. The molecule has 190 valence electrons. The van der Waals surface area contributed by atoms with Crippen LogP contribution < -0.4 is 4.90 Å². The molecule has 3 aromatic carbocycles. The molecule has 1 atom stereocenters. The normalized spacial score (nSPS) is 18.9. The van der Waals surface area contributed by atoms with E-state index in [-0.39, 0.29) is 19.0 Å². The highest BCUT2D eigenvalue weighted by molar-refractivity contribution is 6.01. The first-order chi connectivity index (χ1) is 18.0. The first-order valence-corrected chi connectivity index (χ1v) is 12.8. The van der Waals surface area contributed by atoms with Gasteiger partial charge in [-0.05, 0) is 42.7 Å². The average molecular weight is 498 g/mol. The Bertz CT molecular complexity index is 1200. The van der Waals surface area contributed by atoms with Crippen LogP contribution in [-0.4, -0.2) is 58.5 Å². The van der Waals surface area contributed by atoms with E-state index < -0.39 is 23.5 Å². The lowest BCUT2D eigenvalue weighted by atomic mass is 9.77. The Balaban J connectivity index is 1.43. The molecule has 1 aliphatic carbocycles. The van der Waals surface area contributed by atoms with Gasteiger partial charge in [-0.25, -0.2) is 9.59 Å². The van der Waals surface area contributed by atoms with Gasteiger partial charge in [-0.1, -0.05) is 79.6 Å². The Kier molecular flexibility index (Phi) is 6.95. The van der Waals surface area contributed by atoms with E-state index in [1.165, 1.54) is 9.80 Å². The van der Waals surface area contributed by atoms with Gasteiger partial charge in [0.25, 0.3) is 0 Å². The summed E-state index contributed by atoms with van der Waals surface area (Å²) in [6, 6.07) is 26.7. The van der Waals surface area contributed by atoms with E-state index in [0.29, 0.717) is 17.9 Å². The summed E-state index contributed by atoms with van der Waals surface area (Å²) in [7, 11) is 0. The van der Waals surface area contributed by atoms with Crippen LogP contribution in [0, 0.1) is 0 Å². The molecule has 0 unspecified atom stereocenters. The van der Waals surface area contributed by atoms with E-state index >= 15 is 0 Å². The topological polar surface area (TPSA) is 81.2 Å². The molecule has 0 bridgehead atoms. The van der Waals surface area contributed by atoms with Gasteiger partial charge in [-0.15, -0.1) is 0 Å². The summed E-state index contributed by atoms with van der Waals surface area (Å²) in [5.41, 5.74) is 1.66. The lowest BCUT2D eigenvalue weighted by molar-refractivity contribution is -0.148. The van der Waals surface area contributed by atoms with Gasteiger partial charge in [0.05, 0.1) is 23.3 Å². The summed E-state index contributed by atoms with van der Waals surface area (Å²) < 4.78 is 0. The molecule has 2 aliphatic rings. The first kappa shape index (κ1) is 24.6. The number of carboxylic acids is 1. The quantitative estimate of drug-likeness (QED) is 0.535. The number of piperazine rings is 1. The van der Waals surface area contributed by atoms with Crippen LogP contribution in [-0.2, 0) is 15.0 Å². The van der Waals surface area contributed by atoms with Crippen LogP contribution in [0.25, 0.3) is 0 Å². The lowest BCUT2D eigenvalue weighted by Crippen LogP contribution is -2.63. The Labute approximate surface area is 216 Å². The Morgan fingerprint density at radius 1 is 0.757 bits per heavy atom. The standard InChI is InChI=1S/C30H31N3O4/c34-27(35)26-22-31(28(36)30(18-10-11-19-30)23-12-4-1-5-13-23)20-21-32(26)29(37)33(24-14-6-2-7-15-24)25-16-8-3-9-17-25/h1-9,12-17,26H,10-11,18-22H2,(H,34,35)/t26-/m0/s1. The van der Waals surface area contributed by atoms with Gasteiger partial charge in [0.15, 0.2) is 0 Å². The molecule has 3 amide bonds. The molecule has 7 heteroatoms. The van der Waals surface area contributed by atoms with Crippen LogP contribution in [0.2, 0.25) is 0 Å². The lowest BCUT2D eigenvalue weighted by Gasteiger charge is -2.44. The fraction of sp³-hybridized carbons (Fsp3) is 0.300. The molecule has 1 heterocycles. The Morgan fingerprint density at radius 3 is 1.78 bits per heavy atom. The smallest absolute Gasteiger partial charge is 0.329 e. The monoisotopic (exact) mass is 497 g/mol. The Morgan fingerprint density at radius 2 is 1.27 bits per heavy atom. The third-order valence-corrected chi connectivity index (χ3v) is 7.61. The van der Waals surface area contributed by atoms with Crippen molar-refractivity contribution in [3.8, 4) is 0 Å². The van der Waals surface area contributed by atoms with Crippen molar-refractivity contribution < 1.29 is 19.5 Å². The van der Waals surface area contributed by atoms with E-state index in [4.69, 9.17) is 0 Å². The molecule has 0 spiro atoms. The number of carbonyl (C=O) groups excluding carboxylic acids is 2. The maximum absolute atomic E-state index is 14.0. The van der Waals surface area contributed by atoms with E-state index in [1.807, 2.05) is 91.0 Å². The zero-order valence-corrected chi connectivity index (χ0v) is 20.7. The number of hydrogen-bond donors (Lipinski definition) is 1. The highest BCUT2D eigenvalue weighted by Crippen LogP contribution is 2.43. The minimum atomic E-state index is -1.14. The van der Waals surface area contributed by atoms with Crippen molar-refractivity contribution in [1.29, 1.82) is 0 Å². The number of rotatable bonds is 5. The van der Waals surface area contributed by atoms with Gasteiger partial charge in [0.2, 0.25) is 5.91 Å². The minimum absolute atomic E-state index is 0.0301. The third-order valence-electron chi connectivity index (χ3n) is 7.61. The highest BCUT2D eigenvalue weighted by Gasteiger charge is 2.48. The van der Waals surface area contributed by atoms with Gasteiger partial charge in [-0.2, -0.15) is 0 Å². The number of nitrogens with zero attached hydrogens (tertiary/aromatic N) is 3. The molecule has 1 saturated heterocycles. The van der Waals surface area contributed by atoms with Crippen molar-refractivity contribution in [2.24, 2.45) is 0 Å². The summed E-state index contributed by atoms with van der Waals surface area (Å²) in [6.07, 6.45) is 3.43. The molecule has 1 saturated carbocycles. The first-order valence-electron chi connectivity index (χ1n) is 12.8. The summed E-state index contributed by atoms with van der Waals surface area (Å²) >= 11 is 0. The van der Waals surface area contributed by atoms with Crippen molar-refractivity contribution >= 4 is 29.3 Å². The third kappa shape index (κ3) is 4.69. The van der Waals surface area contributed by atoms with Gasteiger partial charge in [0.1, 0.15) is 6.04 Å². The second-order valence-electron chi connectivity index (χ2n) is 9.74. The number of aliphatic carboxylic acids is 1. The van der Waals surface area contributed by atoms with Crippen molar-refractivity contribution in [3.05, 3.63) is 96.6 Å². The highest BCUT2D eigenvalue weighted by atomic mass is 16.4. The molecule has 1 aliphatic heterocycles. The number of anilines is 2. The average Bonchev–Trinajstić information content (AvgIpc) is 3.45. The van der Waals surface area contributed by atoms with E-state index in [1.54, 1.807) is 4.90 Å². The van der Waals surface area contributed by atoms with Crippen LogP contribution in [0.1, 0.15) is 31.2 Å². The van der Waals surface area contributed by atoms with Crippen LogP contribution in [0.15, 0.2) is 91.0 Å². The molecule has 7 nitrogen and oxygen atoms in total. The van der Waals surface area contributed by atoms with Gasteiger partial charge in [0, 0.05) is 13.1 Å². The van der Waals surface area contributed by atoms with Crippen molar-refractivity contribution in [2.45, 2.75) is 37.1 Å². The molecule has 37 heavy (non-hydrogen) atoms. The number of carboxylic acid groups (broad SMARTS) is 1. The summed E-state index contributed by atoms with van der Waals surface area (Å²) in [5, 5.41) is 10.2. The van der Waals surface area contributed by atoms with Crippen molar-refractivity contribution in [3.63, 3.8) is 0 Å². The number of amides is 3. The fourth-order valence-electron chi connectivity index (χ4n) is 5.72. The SMILES string of the molecule is O=C(O)[C@@H]1CN(C(=O)C2(c3ccccc3)CCCC2)CCN1C(=O)N(c1ccccc1)c1ccccc1. The molecule has 0 aromatic heterocycles.